The van der Waals surface area contributed by atoms with Crippen molar-refractivity contribution >= 4 is 35.0 Å². The van der Waals surface area contributed by atoms with Gasteiger partial charge in [0.2, 0.25) is 5.91 Å². The summed E-state index contributed by atoms with van der Waals surface area (Å²) in [5.74, 6) is -0.403. The van der Waals surface area contributed by atoms with Crippen LogP contribution in [0.5, 0.6) is 0 Å². The molecule has 0 aliphatic carbocycles. The van der Waals surface area contributed by atoms with E-state index in [1.165, 1.54) is 6.07 Å². The zero-order valence-electron chi connectivity index (χ0n) is 19.4. The molecule has 2 amide bonds. The van der Waals surface area contributed by atoms with E-state index in [0.717, 1.165) is 11.3 Å². The quantitative estimate of drug-likeness (QED) is 0.325. The van der Waals surface area contributed by atoms with Crippen molar-refractivity contribution in [3.63, 3.8) is 0 Å². The highest BCUT2D eigenvalue weighted by Gasteiger charge is 2.20. The molecular weight excluding hydrogens is 444 g/mol. The van der Waals surface area contributed by atoms with Crippen LogP contribution in [0.15, 0.2) is 78.9 Å². The van der Waals surface area contributed by atoms with Crippen molar-refractivity contribution in [2.45, 2.75) is 6.92 Å². The molecule has 4 rings (SSSR count). The maximum atomic E-state index is 12.5. The number of nitrogens with one attached hydrogen (secondary N) is 1. The van der Waals surface area contributed by atoms with Crippen LogP contribution in [0, 0.1) is 17.0 Å². The smallest absolute Gasteiger partial charge is 0.273 e. The molecule has 8 nitrogen and oxygen atoms in total. The molecule has 0 aromatic heterocycles. The van der Waals surface area contributed by atoms with Crippen LogP contribution in [0.2, 0.25) is 0 Å². The number of aryl methyl sites for hydroxylation is 1. The van der Waals surface area contributed by atoms with Gasteiger partial charge < -0.3 is 15.1 Å². The number of piperazine rings is 1. The number of amides is 2. The highest BCUT2D eigenvalue weighted by Crippen LogP contribution is 2.22. The Balaban J connectivity index is 1.31. The Morgan fingerprint density at radius 3 is 2.29 bits per heavy atom. The third-order valence-electron chi connectivity index (χ3n) is 5.97. The van der Waals surface area contributed by atoms with Crippen molar-refractivity contribution in [2.24, 2.45) is 0 Å². The summed E-state index contributed by atoms with van der Waals surface area (Å²) in [5, 5.41) is 13.9. The zero-order chi connectivity index (χ0) is 24.8. The van der Waals surface area contributed by atoms with E-state index >= 15 is 0 Å². The molecule has 3 aromatic rings. The summed E-state index contributed by atoms with van der Waals surface area (Å²) in [6.07, 6.45) is 3.45. The van der Waals surface area contributed by atoms with Crippen molar-refractivity contribution in [1.29, 1.82) is 0 Å². The topological polar surface area (TPSA) is 95.8 Å². The Bertz CT molecular complexity index is 1250. The van der Waals surface area contributed by atoms with Gasteiger partial charge in [-0.3, -0.25) is 19.7 Å². The lowest BCUT2D eigenvalue weighted by Crippen LogP contribution is -2.48. The number of carbonyl (C=O) groups is 2. The molecule has 1 fully saturated rings. The second-order valence-corrected chi connectivity index (χ2v) is 8.32. The molecule has 1 N–H and O–H groups in total. The molecule has 0 unspecified atom stereocenters. The number of carbonyl (C=O) groups excluding carboxylic acids is 2. The predicted molar refractivity (Wildman–Crippen MR) is 136 cm³/mol. The SMILES string of the molecule is Cc1ccc(C(=O)Nc2ccc(N3CCN(C(=O)/C=C/c4ccccc4)CC3)cc2)cc1[N+](=O)[O-]. The number of anilines is 2. The number of rotatable bonds is 6. The van der Waals surface area contributed by atoms with E-state index in [1.54, 1.807) is 37.3 Å². The van der Waals surface area contributed by atoms with Gasteiger partial charge in [0.1, 0.15) is 0 Å². The number of nitrogens with zero attached hydrogens (tertiary/aromatic N) is 3. The lowest BCUT2D eigenvalue weighted by molar-refractivity contribution is -0.385. The van der Waals surface area contributed by atoms with E-state index in [9.17, 15) is 19.7 Å². The molecule has 1 saturated heterocycles. The number of benzene rings is 3. The summed E-state index contributed by atoms with van der Waals surface area (Å²) in [7, 11) is 0. The Morgan fingerprint density at radius 1 is 0.943 bits per heavy atom. The first-order chi connectivity index (χ1) is 16.9. The van der Waals surface area contributed by atoms with Gasteiger partial charge in [0.25, 0.3) is 11.6 Å². The summed E-state index contributed by atoms with van der Waals surface area (Å²) in [5.41, 5.74) is 3.24. The molecule has 1 aliphatic rings. The minimum absolute atomic E-state index is 0.00269. The molecule has 0 spiro atoms. The van der Waals surface area contributed by atoms with Crippen LogP contribution in [0.1, 0.15) is 21.5 Å². The Hall–Kier alpha value is -4.46. The van der Waals surface area contributed by atoms with Crippen LogP contribution in [0.25, 0.3) is 6.08 Å². The summed E-state index contributed by atoms with van der Waals surface area (Å²) < 4.78 is 0. The van der Waals surface area contributed by atoms with Gasteiger partial charge in [-0.1, -0.05) is 36.4 Å². The lowest BCUT2D eigenvalue weighted by atomic mass is 10.1. The zero-order valence-corrected chi connectivity index (χ0v) is 19.4. The van der Waals surface area contributed by atoms with Gasteiger partial charge in [0.15, 0.2) is 0 Å². The molecule has 0 atom stereocenters. The number of hydrogen-bond donors (Lipinski definition) is 1. The summed E-state index contributed by atoms with van der Waals surface area (Å²) >= 11 is 0. The van der Waals surface area contributed by atoms with Crippen molar-refractivity contribution in [2.75, 3.05) is 36.4 Å². The monoisotopic (exact) mass is 470 g/mol. The molecule has 1 heterocycles. The van der Waals surface area contributed by atoms with Crippen LogP contribution in [0.4, 0.5) is 17.1 Å². The van der Waals surface area contributed by atoms with Crippen molar-refractivity contribution < 1.29 is 14.5 Å². The van der Waals surface area contributed by atoms with Gasteiger partial charge in [-0.15, -0.1) is 0 Å². The highest BCUT2D eigenvalue weighted by atomic mass is 16.6. The Labute approximate surface area is 203 Å². The normalized spacial score (nSPS) is 13.6. The first-order valence-corrected chi connectivity index (χ1v) is 11.3. The van der Waals surface area contributed by atoms with Gasteiger partial charge in [-0.05, 0) is 48.9 Å². The highest BCUT2D eigenvalue weighted by molar-refractivity contribution is 6.04. The van der Waals surface area contributed by atoms with E-state index in [2.05, 4.69) is 10.2 Å². The van der Waals surface area contributed by atoms with E-state index in [4.69, 9.17) is 0 Å². The fourth-order valence-corrected chi connectivity index (χ4v) is 3.93. The predicted octanol–water partition coefficient (Wildman–Crippen LogP) is 4.52. The number of nitro benzene ring substituents is 1. The molecule has 3 aromatic carbocycles. The fraction of sp³-hybridized carbons (Fsp3) is 0.185. The second kappa shape index (κ2) is 10.6. The van der Waals surface area contributed by atoms with Crippen LogP contribution < -0.4 is 10.2 Å². The molecule has 35 heavy (non-hydrogen) atoms. The van der Waals surface area contributed by atoms with E-state index in [1.807, 2.05) is 53.4 Å². The van der Waals surface area contributed by atoms with Crippen molar-refractivity contribution in [1.82, 2.24) is 4.90 Å². The van der Waals surface area contributed by atoms with Gasteiger partial charge in [-0.2, -0.15) is 0 Å². The molecule has 1 aliphatic heterocycles. The van der Waals surface area contributed by atoms with Gasteiger partial charge in [0, 0.05) is 60.8 Å². The first-order valence-electron chi connectivity index (χ1n) is 11.3. The van der Waals surface area contributed by atoms with E-state index < -0.39 is 10.8 Å². The maximum absolute atomic E-state index is 12.5. The second-order valence-electron chi connectivity index (χ2n) is 8.32. The van der Waals surface area contributed by atoms with E-state index in [0.29, 0.717) is 37.4 Å². The fourth-order valence-electron chi connectivity index (χ4n) is 3.93. The Morgan fingerprint density at radius 2 is 1.63 bits per heavy atom. The largest absolute Gasteiger partial charge is 0.368 e. The minimum atomic E-state index is -0.492. The van der Waals surface area contributed by atoms with Gasteiger partial charge >= 0.3 is 0 Å². The molecule has 0 radical (unpaired) electrons. The van der Waals surface area contributed by atoms with Crippen molar-refractivity contribution in [3.8, 4) is 0 Å². The average Bonchev–Trinajstić information content (AvgIpc) is 2.88. The molecule has 8 heteroatoms. The number of nitro groups is 1. The summed E-state index contributed by atoms with van der Waals surface area (Å²) in [6, 6.07) is 21.6. The lowest BCUT2D eigenvalue weighted by Gasteiger charge is -2.35. The third-order valence-corrected chi connectivity index (χ3v) is 5.97. The summed E-state index contributed by atoms with van der Waals surface area (Å²) in [4.78, 5) is 39.7. The maximum Gasteiger partial charge on any atom is 0.273 e. The Kier molecular flexibility index (Phi) is 7.21. The van der Waals surface area contributed by atoms with Crippen LogP contribution in [0.3, 0.4) is 0 Å². The molecule has 0 saturated carbocycles. The first kappa shape index (κ1) is 23.7. The van der Waals surface area contributed by atoms with Crippen LogP contribution >= 0.6 is 0 Å². The summed E-state index contributed by atoms with van der Waals surface area (Å²) in [6.45, 7) is 4.31. The van der Waals surface area contributed by atoms with Crippen LogP contribution in [-0.2, 0) is 4.79 Å². The standard InChI is InChI=1S/C27H26N4O4/c1-20-7-9-22(19-25(20)31(34)35)27(33)28-23-10-12-24(13-11-23)29-15-17-30(18-16-29)26(32)14-8-21-5-3-2-4-6-21/h2-14,19H,15-18H2,1H3,(H,28,33)/b14-8+. The molecule has 0 bridgehead atoms. The average molecular weight is 471 g/mol. The molecule has 178 valence electrons. The van der Waals surface area contributed by atoms with Gasteiger partial charge in [0.05, 0.1) is 4.92 Å². The van der Waals surface area contributed by atoms with Gasteiger partial charge in [-0.25, -0.2) is 0 Å². The molecular formula is C27H26N4O4. The van der Waals surface area contributed by atoms with Crippen molar-refractivity contribution in [3.05, 3.63) is 106 Å². The van der Waals surface area contributed by atoms with E-state index in [-0.39, 0.29) is 17.2 Å². The third kappa shape index (κ3) is 5.92. The minimum Gasteiger partial charge on any atom is -0.368 e. The van der Waals surface area contributed by atoms with Crippen LogP contribution in [-0.4, -0.2) is 47.8 Å². The number of hydrogen-bond acceptors (Lipinski definition) is 5.